The van der Waals surface area contributed by atoms with Gasteiger partial charge in [-0.3, -0.25) is 4.79 Å². The van der Waals surface area contributed by atoms with Gasteiger partial charge < -0.3 is 14.9 Å². The number of nitrogens with zero attached hydrogens (tertiary/aromatic N) is 2. The van der Waals surface area contributed by atoms with Crippen molar-refractivity contribution >= 4 is 12.0 Å². The molecule has 1 atom stereocenters. The van der Waals surface area contributed by atoms with Gasteiger partial charge in [0.1, 0.15) is 0 Å². The first-order valence-electron chi connectivity index (χ1n) is 4.81. The molecule has 2 amide bonds. The van der Waals surface area contributed by atoms with Crippen LogP contribution < -0.4 is 0 Å². The minimum Gasteiger partial charge on any atom is -0.465 e. The van der Waals surface area contributed by atoms with Crippen LogP contribution in [0.5, 0.6) is 0 Å². The van der Waals surface area contributed by atoms with Gasteiger partial charge in [-0.15, -0.1) is 0 Å². The number of amides is 2. The Balaban J connectivity index is 2.63. The maximum absolute atomic E-state index is 11.2. The minimum absolute atomic E-state index is 0.0295. The summed E-state index contributed by atoms with van der Waals surface area (Å²) in [6, 6.07) is 0.0392. The zero-order chi connectivity index (χ0) is 10.7. The third-order valence-electron chi connectivity index (χ3n) is 2.63. The zero-order valence-electron chi connectivity index (χ0n) is 8.56. The van der Waals surface area contributed by atoms with Crippen molar-refractivity contribution in [3.05, 3.63) is 0 Å². The third kappa shape index (κ3) is 2.16. The van der Waals surface area contributed by atoms with Crippen molar-refractivity contribution in [1.29, 1.82) is 0 Å². The van der Waals surface area contributed by atoms with Gasteiger partial charge in [0.25, 0.3) is 0 Å². The quantitative estimate of drug-likeness (QED) is 0.674. The van der Waals surface area contributed by atoms with E-state index in [-0.39, 0.29) is 11.9 Å². The van der Waals surface area contributed by atoms with E-state index in [9.17, 15) is 9.59 Å². The van der Waals surface area contributed by atoms with Gasteiger partial charge in [0, 0.05) is 32.6 Å². The van der Waals surface area contributed by atoms with E-state index in [2.05, 4.69) is 0 Å². The summed E-state index contributed by atoms with van der Waals surface area (Å²) in [5.74, 6) is 0.0295. The average molecular weight is 200 g/mol. The molecule has 1 fully saturated rings. The first-order chi connectivity index (χ1) is 6.56. The van der Waals surface area contributed by atoms with Gasteiger partial charge >= 0.3 is 6.09 Å². The Morgan fingerprint density at radius 3 is 2.50 bits per heavy atom. The van der Waals surface area contributed by atoms with Crippen LogP contribution in [-0.4, -0.2) is 52.6 Å². The molecule has 1 rings (SSSR count). The Morgan fingerprint density at radius 1 is 1.43 bits per heavy atom. The van der Waals surface area contributed by atoms with Gasteiger partial charge in [-0.05, 0) is 6.42 Å². The Labute approximate surface area is 83.3 Å². The number of piperazine rings is 1. The second-order valence-corrected chi connectivity index (χ2v) is 3.50. The van der Waals surface area contributed by atoms with Crippen molar-refractivity contribution in [2.75, 3.05) is 19.6 Å². The molecule has 0 spiro atoms. The standard InChI is InChI=1S/C9H16N2O3/c1-3-8-6-10(9(13)14)4-5-11(8)7(2)12/h8H,3-6H2,1-2H3,(H,13,14). The van der Waals surface area contributed by atoms with Gasteiger partial charge in [0.15, 0.2) is 0 Å². The molecular formula is C9H16N2O3. The lowest BCUT2D eigenvalue weighted by molar-refractivity contribution is -0.133. The highest BCUT2D eigenvalue weighted by Crippen LogP contribution is 2.12. The van der Waals surface area contributed by atoms with Gasteiger partial charge in [0.2, 0.25) is 5.91 Å². The molecule has 5 heteroatoms. The molecule has 80 valence electrons. The molecule has 0 aromatic carbocycles. The normalized spacial score (nSPS) is 22.3. The summed E-state index contributed by atoms with van der Waals surface area (Å²) in [5, 5.41) is 8.80. The number of carboxylic acid groups (broad SMARTS) is 1. The topological polar surface area (TPSA) is 60.9 Å². The molecule has 0 radical (unpaired) electrons. The molecule has 0 bridgehead atoms. The molecule has 1 aliphatic heterocycles. The summed E-state index contributed by atoms with van der Waals surface area (Å²) >= 11 is 0. The van der Waals surface area contributed by atoms with Crippen molar-refractivity contribution in [3.8, 4) is 0 Å². The van der Waals surface area contributed by atoms with Crippen LogP contribution in [0.4, 0.5) is 4.79 Å². The van der Waals surface area contributed by atoms with Gasteiger partial charge in [0.05, 0.1) is 0 Å². The Kier molecular flexibility index (Phi) is 3.33. The van der Waals surface area contributed by atoms with E-state index >= 15 is 0 Å². The Hall–Kier alpha value is -1.26. The van der Waals surface area contributed by atoms with Crippen LogP contribution in [0.25, 0.3) is 0 Å². The van der Waals surface area contributed by atoms with Crippen LogP contribution in [0.3, 0.4) is 0 Å². The van der Waals surface area contributed by atoms with Crippen molar-refractivity contribution in [2.24, 2.45) is 0 Å². The lowest BCUT2D eigenvalue weighted by atomic mass is 10.1. The fourth-order valence-electron chi connectivity index (χ4n) is 1.79. The highest BCUT2D eigenvalue weighted by molar-refractivity contribution is 5.74. The Bertz CT molecular complexity index is 242. The largest absolute Gasteiger partial charge is 0.465 e. The van der Waals surface area contributed by atoms with Crippen molar-refractivity contribution in [2.45, 2.75) is 26.3 Å². The van der Waals surface area contributed by atoms with E-state index in [0.717, 1.165) is 6.42 Å². The predicted octanol–water partition coefficient (Wildman–Crippen LogP) is 0.607. The smallest absolute Gasteiger partial charge is 0.407 e. The van der Waals surface area contributed by atoms with E-state index in [1.54, 1.807) is 4.90 Å². The highest BCUT2D eigenvalue weighted by Gasteiger charge is 2.29. The minimum atomic E-state index is -0.897. The molecule has 1 heterocycles. The number of hydrogen-bond donors (Lipinski definition) is 1. The maximum atomic E-state index is 11.2. The van der Waals surface area contributed by atoms with Crippen molar-refractivity contribution in [3.63, 3.8) is 0 Å². The number of carbonyl (C=O) groups is 2. The van der Waals surface area contributed by atoms with Crippen LogP contribution in [0.2, 0.25) is 0 Å². The Morgan fingerprint density at radius 2 is 2.07 bits per heavy atom. The fraction of sp³-hybridized carbons (Fsp3) is 0.778. The van der Waals surface area contributed by atoms with Crippen LogP contribution in [0.15, 0.2) is 0 Å². The molecule has 1 unspecified atom stereocenters. The van der Waals surface area contributed by atoms with Crippen molar-refractivity contribution < 1.29 is 14.7 Å². The second kappa shape index (κ2) is 4.30. The predicted molar refractivity (Wildman–Crippen MR) is 51.1 cm³/mol. The van der Waals surface area contributed by atoms with E-state index in [1.165, 1.54) is 11.8 Å². The molecule has 0 aromatic rings. The molecule has 0 saturated carbocycles. The molecule has 1 saturated heterocycles. The summed E-state index contributed by atoms with van der Waals surface area (Å²) in [7, 11) is 0. The van der Waals surface area contributed by atoms with Crippen LogP contribution in [0.1, 0.15) is 20.3 Å². The van der Waals surface area contributed by atoms with Gasteiger partial charge in [-0.25, -0.2) is 4.79 Å². The summed E-state index contributed by atoms with van der Waals surface area (Å²) in [4.78, 5) is 25.0. The van der Waals surface area contributed by atoms with E-state index in [0.29, 0.717) is 19.6 Å². The zero-order valence-corrected chi connectivity index (χ0v) is 8.56. The molecule has 0 aliphatic carbocycles. The molecule has 1 N–H and O–H groups in total. The monoisotopic (exact) mass is 200 g/mol. The maximum Gasteiger partial charge on any atom is 0.407 e. The number of carbonyl (C=O) groups excluding carboxylic acids is 1. The fourth-order valence-corrected chi connectivity index (χ4v) is 1.79. The van der Waals surface area contributed by atoms with Crippen LogP contribution in [-0.2, 0) is 4.79 Å². The number of hydrogen-bond acceptors (Lipinski definition) is 2. The molecule has 14 heavy (non-hydrogen) atoms. The van der Waals surface area contributed by atoms with Gasteiger partial charge in [-0.2, -0.15) is 0 Å². The number of rotatable bonds is 1. The molecule has 1 aliphatic rings. The van der Waals surface area contributed by atoms with E-state index in [1.807, 2.05) is 6.92 Å². The molecular weight excluding hydrogens is 184 g/mol. The van der Waals surface area contributed by atoms with Crippen LogP contribution >= 0.6 is 0 Å². The summed E-state index contributed by atoms with van der Waals surface area (Å²) in [6.45, 7) is 4.86. The average Bonchev–Trinajstić information content (AvgIpc) is 2.16. The first-order valence-corrected chi connectivity index (χ1v) is 4.81. The van der Waals surface area contributed by atoms with Crippen molar-refractivity contribution in [1.82, 2.24) is 9.80 Å². The van der Waals surface area contributed by atoms with E-state index < -0.39 is 6.09 Å². The summed E-state index contributed by atoms with van der Waals surface area (Å²) in [6.07, 6.45) is -0.102. The lowest BCUT2D eigenvalue weighted by Crippen LogP contribution is -2.55. The van der Waals surface area contributed by atoms with Crippen LogP contribution in [0, 0.1) is 0 Å². The van der Waals surface area contributed by atoms with Gasteiger partial charge in [-0.1, -0.05) is 6.92 Å². The first kappa shape index (κ1) is 10.8. The van der Waals surface area contributed by atoms with E-state index in [4.69, 9.17) is 5.11 Å². The molecule has 5 nitrogen and oxygen atoms in total. The molecule has 0 aromatic heterocycles. The SMILES string of the molecule is CCC1CN(C(=O)O)CCN1C(C)=O. The summed E-state index contributed by atoms with van der Waals surface area (Å²) in [5.41, 5.74) is 0. The summed E-state index contributed by atoms with van der Waals surface area (Å²) < 4.78 is 0. The lowest BCUT2D eigenvalue weighted by Gasteiger charge is -2.39. The third-order valence-corrected chi connectivity index (χ3v) is 2.63. The highest BCUT2D eigenvalue weighted by atomic mass is 16.4. The second-order valence-electron chi connectivity index (χ2n) is 3.50.